The lowest BCUT2D eigenvalue weighted by atomic mass is 10.1. The van der Waals surface area contributed by atoms with Crippen molar-refractivity contribution in [2.45, 2.75) is 17.0 Å². The highest BCUT2D eigenvalue weighted by Crippen LogP contribution is 2.37. The lowest BCUT2D eigenvalue weighted by molar-refractivity contribution is 0.472. The van der Waals surface area contributed by atoms with Crippen LogP contribution in [0.3, 0.4) is 0 Å². The highest BCUT2D eigenvalue weighted by molar-refractivity contribution is 7.93. The van der Waals surface area contributed by atoms with E-state index in [-0.39, 0.29) is 49.5 Å². The molecule has 0 saturated heterocycles. The van der Waals surface area contributed by atoms with Gasteiger partial charge < -0.3 is 9.52 Å². The van der Waals surface area contributed by atoms with E-state index in [1.54, 1.807) is 12.1 Å². The first-order valence-electron chi connectivity index (χ1n) is 10.5. The molecule has 12 nitrogen and oxygen atoms in total. The number of fused-ring (bicyclic) bond motifs is 2. The van der Waals surface area contributed by atoms with Gasteiger partial charge in [0.25, 0.3) is 20.0 Å². The van der Waals surface area contributed by atoms with Crippen LogP contribution in [0, 0.1) is 6.92 Å². The molecule has 1 aromatic carbocycles. The van der Waals surface area contributed by atoms with Crippen molar-refractivity contribution < 1.29 is 26.4 Å². The van der Waals surface area contributed by atoms with Gasteiger partial charge in [0.05, 0.1) is 11.4 Å². The molecule has 0 unspecified atom stereocenters. The molecule has 3 N–H and O–H groups in total. The molecule has 2 aromatic heterocycles. The molecule has 5 rings (SSSR count). The summed E-state index contributed by atoms with van der Waals surface area (Å²) >= 11 is 0. The first kappa shape index (κ1) is 24.1. The van der Waals surface area contributed by atoms with E-state index in [1.165, 1.54) is 55.7 Å². The molecule has 3 heterocycles. The van der Waals surface area contributed by atoms with E-state index in [0.29, 0.717) is 0 Å². The molecular formula is C23H17N5O7S2. The van der Waals surface area contributed by atoms with Crippen LogP contribution in [0.2, 0.25) is 0 Å². The first-order valence-corrected chi connectivity index (χ1v) is 13.5. The number of sulfonamides is 2. The van der Waals surface area contributed by atoms with Gasteiger partial charge in [0, 0.05) is 24.0 Å². The largest absolute Gasteiger partial charge is 0.505 e. The van der Waals surface area contributed by atoms with Crippen molar-refractivity contribution in [3.05, 3.63) is 82.8 Å². The molecule has 0 spiro atoms. The number of nitrogens with zero attached hydrogens (tertiary/aromatic N) is 3. The van der Waals surface area contributed by atoms with Crippen molar-refractivity contribution in [3.63, 3.8) is 0 Å². The number of aryl methyl sites for hydroxylation is 1. The zero-order valence-electron chi connectivity index (χ0n) is 18.9. The average molecular weight is 540 g/mol. The number of aromatic hydroxyl groups is 1. The Morgan fingerprint density at radius 2 is 1.43 bits per heavy atom. The zero-order valence-corrected chi connectivity index (χ0v) is 20.5. The number of phenols is 1. The fraction of sp³-hybridized carbons (Fsp3) is 0.0435. The maximum Gasteiger partial charge on any atom is 0.279 e. The number of aromatic nitrogens is 3. The van der Waals surface area contributed by atoms with Gasteiger partial charge in [-0.05, 0) is 43.3 Å². The SMILES string of the molecule is Cc1c(O)c(NS(=O)(=O)c2ccccn2)cc2nc3cc(NS(=O)(=O)c4ccccn4)c(=O)cc-3oc12. The number of hydrogen-bond donors (Lipinski definition) is 3. The topological polar surface area (TPSA) is 181 Å². The van der Waals surface area contributed by atoms with Gasteiger partial charge in [-0.25, -0.2) is 15.0 Å². The Hall–Kier alpha value is -4.56. The third kappa shape index (κ3) is 4.54. The summed E-state index contributed by atoms with van der Waals surface area (Å²) in [6, 6.07) is 12.2. The Kier molecular flexibility index (Phi) is 5.76. The normalized spacial score (nSPS) is 12.0. The van der Waals surface area contributed by atoms with E-state index in [9.17, 15) is 26.7 Å². The fourth-order valence-corrected chi connectivity index (χ4v) is 5.52. The van der Waals surface area contributed by atoms with E-state index in [1.807, 2.05) is 0 Å². The first-order chi connectivity index (χ1) is 17.5. The average Bonchev–Trinajstić information content (AvgIpc) is 2.88. The highest BCUT2D eigenvalue weighted by atomic mass is 32.2. The molecule has 188 valence electrons. The van der Waals surface area contributed by atoms with Crippen molar-refractivity contribution >= 4 is 42.5 Å². The molecule has 2 aliphatic rings. The summed E-state index contributed by atoms with van der Waals surface area (Å²) < 4.78 is 60.9. The molecule has 37 heavy (non-hydrogen) atoms. The summed E-state index contributed by atoms with van der Waals surface area (Å²) in [6.45, 7) is 1.49. The Morgan fingerprint density at radius 3 is 2.00 bits per heavy atom. The van der Waals surface area contributed by atoms with Crippen LogP contribution in [0.15, 0.2) is 86.3 Å². The summed E-state index contributed by atoms with van der Waals surface area (Å²) in [7, 11) is -8.27. The minimum Gasteiger partial charge on any atom is -0.505 e. The number of pyridine rings is 2. The number of phenolic OH excluding ortho intramolecular Hbond substituents is 1. The molecular weight excluding hydrogens is 522 g/mol. The molecule has 0 bridgehead atoms. The Balaban J connectivity index is 1.59. The van der Waals surface area contributed by atoms with Gasteiger partial charge >= 0.3 is 0 Å². The Morgan fingerprint density at radius 1 is 0.838 bits per heavy atom. The predicted molar refractivity (Wildman–Crippen MR) is 133 cm³/mol. The third-order valence-electron chi connectivity index (χ3n) is 5.29. The van der Waals surface area contributed by atoms with E-state index in [4.69, 9.17) is 4.42 Å². The zero-order chi connectivity index (χ0) is 26.4. The van der Waals surface area contributed by atoms with Crippen LogP contribution in [-0.2, 0) is 20.0 Å². The highest BCUT2D eigenvalue weighted by Gasteiger charge is 2.23. The smallest absolute Gasteiger partial charge is 0.279 e. The van der Waals surface area contributed by atoms with Crippen LogP contribution < -0.4 is 14.9 Å². The molecule has 3 aromatic rings. The number of nitrogens with one attached hydrogen (secondary N) is 2. The van der Waals surface area contributed by atoms with Gasteiger partial charge in [-0.3, -0.25) is 14.2 Å². The Bertz CT molecular complexity index is 1890. The second-order valence-corrected chi connectivity index (χ2v) is 11.1. The van der Waals surface area contributed by atoms with Gasteiger partial charge in [-0.2, -0.15) is 16.8 Å². The second-order valence-electron chi connectivity index (χ2n) is 7.82. The van der Waals surface area contributed by atoms with E-state index < -0.39 is 31.2 Å². The van der Waals surface area contributed by atoms with Gasteiger partial charge in [0.1, 0.15) is 17.0 Å². The quantitative estimate of drug-likeness (QED) is 0.214. The van der Waals surface area contributed by atoms with Gasteiger partial charge in [-0.1, -0.05) is 12.1 Å². The van der Waals surface area contributed by atoms with Crippen molar-refractivity contribution in [2.24, 2.45) is 0 Å². The summed E-state index contributed by atoms with van der Waals surface area (Å²) in [5, 5.41) is 10.1. The minimum absolute atomic E-state index is 0.0302. The van der Waals surface area contributed by atoms with Gasteiger partial charge in [0.15, 0.2) is 21.4 Å². The second kappa shape index (κ2) is 8.83. The molecule has 0 fully saturated rings. The number of benzene rings is 2. The molecule has 0 saturated carbocycles. The van der Waals surface area contributed by atoms with Crippen LogP contribution in [0.25, 0.3) is 22.6 Å². The molecule has 1 aliphatic carbocycles. The van der Waals surface area contributed by atoms with Crippen LogP contribution in [0.1, 0.15) is 5.56 Å². The van der Waals surface area contributed by atoms with Crippen molar-refractivity contribution in [1.82, 2.24) is 15.0 Å². The Labute approximate surface area is 210 Å². The summed E-state index contributed by atoms with van der Waals surface area (Å²) in [5.74, 6) is -0.374. The third-order valence-corrected chi connectivity index (χ3v) is 7.86. The van der Waals surface area contributed by atoms with E-state index in [0.717, 1.165) is 6.07 Å². The maximum absolute atomic E-state index is 12.7. The lowest BCUT2D eigenvalue weighted by Gasteiger charge is -2.14. The van der Waals surface area contributed by atoms with Crippen LogP contribution >= 0.6 is 0 Å². The standard InChI is InChI=1S/C23H17N5O7S2/c1-13-22(30)16(28-37(33,34)21-7-3-5-9-25-21)11-17-23(13)35-19-12-18(29)14(10-15(19)26-17)27-36(31,32)20-6-2-4-8-24-20/h2-12,27-28,30H,1H3. The van der Waals surface area contributed by atoms with Crippen LogP contribution in [0.4, 0.5) is 11.4 Å². The fourth-order valence-electron chi connectivity index (χ4n) is 3.51. The molecule has 0 amide bonds. The van der Waals surface area contributed by atoms with Crippen molar-refractivity contribution in [3.8, 4) is 17.2 Å². The van der Waals surface area contributed by atoms with Crippen LogP contribution in [0.5, 0.6) is 5.75 Å². The maximum atomic E-state index is 12.7. The summed E-state index contributed by atoms with van der Waals surface area (Å²) in [5.41, 5.74) is -0.627. The van der Waals surface area contributed by atoms with Crippen molar-refractivity contribution in [2.75, 3.05) is 9.44 Å². The van der Waals surface area contributed by atoms with Crippen LogP contribution in [-0.4, -0.2) is 36.9 Å². The molecule has 0 atom stereocenters. The number of anilines is 2. The minimum atomic E-state index is -4.15. The summed E-state index contributed by atoms with van der Waals surface area (Å²) in [6.07, 6.45) is 2.62. The lowest BCUT2D eigenvalue weighted by Crippen LogP contribution is -2.19. The van der Waals surface area contributed by atoms with E-state index in [2.05, 4.69) is 24.4 Å². The number of rotatable bonds is 6. The number of hydrogen-bond acceptors (Lipinski definition) is 10. The predicted octanol–water partition coefficient (Wildman–Crippen LogP) is 2.70. The van der Waals surface area contributed by atoms with Crippen molar-refractivity contribution in [1.29, 1.82) is 0 Å². The van der Waals surface area contributed by atoms with E-state index >= 15 is 0 Å². The summed E-state index contributed by atoms with van der Waals surface area (Å²) in [4.78, 5) is 24.6. The van der Waals surface area contributed by atoms with Gasteiger partial charge in [-0.15, -0.1) is 0 Å². The molecule has 1 aliphatic heterocycles. The monoisotopic (exact) mass is 539 g/mol. The molecule has 0 radical (unpaired) electrons. The molecule has 14 heteroatoms. The van der Waals surface area contributed by atoms with Gasteiger partial charge in [0.2, 0.25) is 5.43 Å².